The standard InChI is InChI=1S/C18H28N4O2/c1-3-14(4-2)18(24)21-9-6-10-22-13-19-15(16(22)12-21)11-20-8-5-7-17(20)23/h13-14H,3-12H2,1-2H3. The van der Waals surface area contributed by atoms with E-state index in [0.29, 0.717) is 19.5 Å². The molecule has 3 rings (SSSR count). The van der Waals surface area contributed by atoms with Gasteiger partial charge in [-0.1, -0.05) is 13.8 Å². The van der Waals surface area contributed by atoms with Gasteiger partial charge in [0.05, 0.1) is 30.8 Å². The molecule has 2 aliphatic heterocycles. The van der Waals surface area contributed by atoms with Gasteiger partial charge in [0.15, 0.2) is 0 Å². The maximum atomic E-state index is 12.8. The lowest BCUT2D eigenvalue weighted by molar-refractivity contribution is -0.136. The second-order valence-electron chi connectivity index (χ2n) is 6.88. The van der Waals surface area contributed by atoms with E-state index in [1.165, 1.54) is 0 Å². The molecule has 24 heavy (non-hydrogen) atoms. The van der Waals surface area contributed by atoms with Crippen LogP contribution < -0.4 is 0 Å². The van der Waals surface area contributed by atoms with Crippen molar-refractivity contribution in [1.82, 2.24) is 19.4 Å². The number of fused-ring (bicyclic) bond motifs is 1. The average molecular weight is 332 g/mol. The first-order chi connectivity index (χ1) is 11.6. The lowest BCUT2D eigenvalue weighted by atomic mass is 10.0. The van der Waals surface area contributed by atoms with Gasteiger partial charge < -0.3 is 14.4 Å². The first-order valence-corrected chi connectivity index (χ1v) is 9.23. The van der Waals surface area contributed by atoms with Crippen molar-refractivity contribution in [2.24, 2.45) is 5.92 Å². The second kappa shape index (κ2) is 7.36. The summed E-state index contributed by atoms with van der Waals surface area (Å²) in [6, 6.07) is 0. The summed E-state index contributed by atoms with van der Waals surface area (Å²) in [7, 11) is 0. The Morgan fingerprint density at radius 1 is 1.21 bits per heavy atom. The number of carbonyl (C=O) groups is 2. The fourth-order valence-corrected chi connectivity index (χ4v) is 3.78. The van der Waals surface area contributed by atoms with E-state index in [-0.39, 0.29) is 17.7 Å². The van der Waals surface area contributed by atoms with E-state index in [9.17, 15) is 9.59 Å². The molecule has 0 saturated carbocycles. The Kier molecular flexibility index (Phi) is 5.21. The normalized spacial score (nSPS) is 18.2. The van der Waals surface area contributed by atoms with E-state index in [1.54, 1.807) is 0 Å². The Morgan fingerprint density at radius 2 is 2.00 bits per heavy atom. The molecule has 6 heteroatoms. The van der Waals surface area contributed by atoms with Crippen molar-refractivity contribution in [3.8, 4) is 0 Å². The third-order valence-electron chi connectivity index (χ3n) is 5.36. The SMILES string of the molecule is CCC(CC)C(=O)N1CCCn2cnc(CN3CCCC3=O)c2C1. The predicted molar refractivity (Wildman–Crippen MR) is 91.0 cm³/mol. The van der Waals surface area contributed by atoms with Gasteiger partial charge in [-0.2, -0.15) is 0 Å². The zero-order chi connectivity index (χ0) is 17.1. The Balaban J connectivity index is 1.77. The van der Waals surface area contributed by atoms with Crippen molar-refractivity contribution < 1.29 is 9.59 Å². The Morgan fingerprint density at radius 3 is 2.67 bits per heavy atom. The molecule has 1 saturated heterocycles. The number of imidazole rings is 1. The Hall–Kier alpha value is -1.85. The molecule has 1 fully saturated rings. The summed E-state index contributed by atoms with van der Waals surface area (Å²) >= 11 is 0. The second-order valence-corrected chi connectivity index (χ2v) is 6.88. The van der Waals surface area contributed by atoms with Gasteiger partial charge in [0.25, 0.3) is 0 Å². The van der Waals surface area contributed by atoms with Crippen LogP contribution in [-0.2, 0) is 29.2 Å². The van der Waals surface area contributed by atoms with Gasteiger partial charge in [0.2, 0.25) is 11.8 Å². The molecule has 0 bridgehead atoms. The van der Waals surface area contributed by atoms with E-state index in [2.05, 4.69) is 23.4 Å². The molecule has 3 heterocycles. The number of rotatable bonds is 5. The van der Waals surface area contributed by atoms with Crippen LogP contribution in [0, 0.1) is 5.92 Å². The molecule has 2 aliphatic rings. The number of aromatic nitrogens is 2. The summed E-state index contributed by atoms with van der Waals surface area (Å²) in [4.78, 5) is 33.1. The summed E-state index contributed by atoms with van der Waals surface area (Å²) in [6.45, 7) is 7.88. The highest BCUT2D eigenvalue weighted by Gasteiger charge is 2.28. The molecule has 0 N–H and O–H groups in total. The molecule has 0 radical (unpaired) electrons. The lowest BCUT2D eigenvalue weighted by Crippen LogP contribution is -2.36. The fourth-order valence-electron chi connectivity index (χ4n) is 3.78. The van der Waals surface area contributed by atoms with Crippen LogP contribution in [-0.4, -0.2) is 44.3 Å². The van der Waals surface area contributed by atoms with Crippen molar-refractivity contribution in [1.29, 1.82) is 0 Å². The van der Waals surface area contributed by atoms with Gasteiger partial charge in [-0.25, -0.2) is 4.98 Å². The number of likely N-dealkylation sites (tertiary alicyclic amines) is 1. The van der Waals surface area contributed by atoms with Crippen molar-refractivity contribution in [3.63, 3.8) is 0 Å². The third-order valence-corrected chi connectivity index (χ3v) is 5.36. The largest absolute Gasteiger partial charge is 0.337 e. The summed E-state index contributed by atoms with van der Waals surface area (Å²) in [6.07, 6.45) is 6.19. The summed E-state index contributed by atoms with van der Waals surface area (Å²) in [5.74, 6) is 0.594. The van der Waals surface area contributed by atoms with E-state index in [1.807, 2.05) is 16.1 Å². The van der Waals surface area contributed by atoms with Crippen molar-refractivity contribution in [3.05, 3.63) is 17.7 Å². The van der Waals surface area contributed by atoms with Crippen LogP contribution >= 0.6 is 0 Å². The minimum Gasteiger partial charge on any atom is -0.337 e. The van der Waals surface area contributed by atoms with Gasteiger partial charge in [0.1, 0.15) is 0 Å². The van der Waals surface area contributed by atoms with Crippen LogP contribution in [0.25, 0.3) is 0 Å². The average Bonchev–Trinajstić information content (AvgIpc) is 3.08. The summed E-state index contributed by atoms with van der Waals surface area (Å²) in [5, 5.41) is 0. The number of aryl methyl sites for hydroxylation is 1. The molecule has 2 amide bonds. The zero-order valence-electron chi connectivity index (χ0n) is 14.8. The highest BCUT2D eigenvalue weighted by Crippen LogP contribution is 2.22. The molecule has 0 aliphatic carbocycles. The molecular weight excluding hydrogens is 304 g/mol. The molecule has 1 aromatic rings. The molecule has 0 aromatic carbocycles. The van der Waals surface area contributed by atoms with Crippen LogP contribution in [0.15, 0.2) is 6.33 Å². The van der Waals surface area contributed by atoms with Crippen molar-refractivity contribution >= 4 is 11.8 Å². The van der Waals surface area contributed by atoms with Crippen LogP contribution in [0.4, 0.5) is 0 Å². The van der Waals surface area contributed by atoms with E-state index < -0.39 is 0 Å². The van der Waals surface area contributed by atoms with Crippen LogP contribution in [0.2, 0.25) is 0 Å². The Bertz CT molecular complexity index is 606. The maximum Gasteiger partial charge on any atom is 0.226 e. The number of hydrogen-bond acceptors (Lipinski definition) is 3. The maximum absolute atomic E-state index is 12.8. The topological polar surface area (TPSA) is 58.4 Å². The van der Waals surface area contributed by atoms with E-state index >= 15 is 0 Å². The molecule has 1 aromatic heterocycles. The van der Waals surface area contributed by atoms with Crippen LogP contribution in [0.1, 0.15) is 57.3 Å². The van der Waals surface area contributed by atoms with Crippen LogP contribution in [0.3, 0.4) is 0 Å². The van der Waals surface area contributed by atoms with Gasteiger partial charge in [-0.05, 0) is 25.7 Å². The van der Waals surface area contributed by atoms with Gasteiger partial charge in [0, 0.05) is 32.0 Å². The highest BCUT2D eigenvalue weighted by atomic mass is 16.2. The first kappa shape index (κ1) is 17.0. The zero-order valence-corrected chi connectivity index (χ0v) is 14.8. The minimum atomic E-state index is 0.114. The number of nitrogens with zero attached hydrogens (tertiary/aromatic N) is 4. The molecule has 132 valence electrons. The van der Waals surface area contributed by atoms with Gasteiger partial charge in [-0.3, -0.25) is 9.59 Å². The van der Waals surface area contributed by atoms with Crippen molar-refractivity contribution in [2.45, 2.75) is 65.6 Å². The highest BCUT2D eigenvalue weighted by molar-refractivity contribution is 5.79. The molecular formula is C18H28N4O2. The Labute approximate surface area is 143 Å². The predicted octanol–water partition coefficient (Wildman–Crippen LogP) is 2.17. The molecule has 0 atom stereocenters. The molecule has 0 unspecified atom stereocenters. The minimum absolute atomic E-state index is 0.114. The van der Waals surface area contributed by atoms with Gasteiger partial charge >= 0.3 is 0 Å². The molecule has 6 nitrogen and oxygen atoms in total. The quantitative estimate of drug-likeness (QED) is 0.830. The smallest absolute Gasteiger partial charge is 0.226 e. The monoisotopic (exact) mass is 332 g/mol. The lowest BCUT2D eigenvalue weighted by Gasteiger charge is -2.25. The molecule has 0 spiro atoms. The van der Waals surface area contributed by atoms with Crippen molar-refractivity contribution in [2.75, 3.05) is 13.1 Å². The number of carbonyl (C=O) groups excluding carboxylic acids is 2. The third kappa shape index (κ3) is 3.32. The van der Waals surface area contributed by atoms with Crippen LogP contribution in [0.5, 0.6) is 0 Å². The fraction of sp³-hybridized carbons (Fsp3) is 0.722. The van der Waals surface area contributed by atoms with E-state index in [4.69, 9.17) is 0 Å². The first-order valence-electron chi connectivity index (χ1n) is 9.23. The number of amides is 2. The number of hydrogen-bond donors (Lipinski definition) is 0. The van der Waals surface area contributed by atoms with E-state index in [0.717, 1.165) is 56.7 Å². The summed E-state index contributed by atoms with van der Waals surface area (Å²) in [5.41, 5.74) is 2.06. The van der Waals surface area contributed by atoms with Gasteiger partial charge in [-0.15, -0.1) is 0 Å². The summed E-state index contributed by atoms with van der Waals surface area (Å²) < 4.78 is 2.16.